The van der Waals surface area contributed by atoms with Crippen LogP contribution < -0.4 is 0 Å². The van der Waals surface area contributed by atoms with Crippen LogP contribution in [0.15, 0.2) is 42.5 Å². The zero-order chi connectivity index (χ0) is 21.0. The summed E-state index contributed by atoms with van der Waals surface area (Å²) in [5.74, 6) is -2.17. The van der Waals surface area contributed by atoms with Gasteiger partial charge in [0.15, 0.2) is 0 Å². The Morgan fingerprint density at radius 2 is 1.18 bits per heavy atom. The SMILES string of the molecule is CC(C)(C)c1cc(C(=O)O)cc(C(C)(C)C)c1.O=C(O)c1ccccc1O.[Zn]. The molecule has 0 aliphatic carbocycles. The first kappa shape index (κ1) is 25.8. The van der Waals surface area contributed by atoms with Crippen molar-refractivity contribution in [3.05, 3.63) is 64.7 Å². The number of aromatic carboxylic acids is 2. The third-order valence-corrected chi connectivity index (χ3v) is 4.05. The second-order valence-electron chi connectivity index (χ2n) is 8.43. The van der Waals surface area contributed by atoms with Crippen LogP contribution in [0.2, 0.25) is 0 Å². The summed E-state index contributed by atoms with van der Waals surface area (Å²) in [5, 5.41) is 26.5. The van der Waals surface area contributed by atoms with Gasteiger partial charge in [-0.05, 0) is 46.2 Å². The average Bonchev–Trinajstić information content (AvgIpc) is 2.53. The van der Waals surface area contributed by atoms with Gasteiger partial charge in [-0.3, -0.25) is 0 Å². The van der Waals surface area contributed by atoms with E-state index in [1.807, 2.05) is 0 Å². The van der Waals surface area contributed by atoms with Gasteiger partial charge >= 0.3 is 11.9 Å². The van der Waals surface area contributed by atoms with E-state index in [-0.39, 0.29) is 41.6 Å². The van der Waals surface area contributed by atoms with Crippen LogP contribution in [0.3, 0.4) is 0 Å². The van der Waals surface area contributed by atoms with Crippen LogP contribution in [0, 0.1) is 0 Å². The van der Waals surface area contributed by atoms with Crippen LogP contribution in [0.25, 0.3) is 0 Å². The average molecular weight is 438 g/mol. The van der Waals surface area contributed by atoms with Gasteiger partial charge in [-0.25, -0.2) is 9.59 Å². The van der Waals surface area contributed by atoms with E-state index in [0.29, 0.717) is 5.56 Å². The molecule has 0 radical (unpaired) electrons. The zero-order valence-corrected chi connectivity index (χ0v) is 20.4. The maximum absolute atomic E-state index is 11.2. The molecule has 0 atom stereocenters. The van der Waals surface area contributed by atoms with Gasteiger partial charge in [-0.15, -0.1) is 0 Å². The summed E-state index contributed by atoms with van der Waals surface area (Å²) >= 11 is 0. The van der Waals surface area contributed by atoms with Gasteiger partial charge in [0, 0.05) is 19.5 Å². The molecule has 5 nitrogen and oxygen atoms in total. The Hall–Kier alpha value is -2.20. The molecule has 2 rings (SSSR count). The molecule has 28 heavy (non-hydrogen) atoms. The van der Waals surface area contributed by atoms with Crippen molar-refractivity contribution in [2.45, 2.75) is 52.4 Å². The Morgan fingerprint density at radius 1 is 0.750 bits per heavy atom. The van der Waals surface area contributed by atoms with Gasteiger partial charge in [-0.1, -0.05) is 59.7 Å². The summed E-state index contributed by atoms with van der Waals surface area (Å²) in [6, 6.07) is 11.5. The minimum atomic E-state index is -1.11. The number of carboxylic acid groups (broad SMARTS) is 2. The first-order chi connectivity index (χ1) is 12.2. The summed E-state index contributed by atoms with van der Waals surface area (Å²) in [6.45, 7) is 12.6. The molecule has 3 N–H and O–H groups in total. The van der Waals surface area contributed by atoms with Crippen molar-refractivity contribution >= 4 is 11.9 Å². The summed E-state index contributed by atoms with van der Waals surface area (Å²) in [4.78, 5) is 21.4. The van der Waals surface area contributed by atoms with E-state index in [1.165, 1.54) is 12.1 Å². The molecule has 0 saturated heterocycles. The number of aromatic hydroxyl groups is 1. The smallest absolute Gasteiger partial charge is 0.339 e. The molecule has 0 fully saturated rings. The van der Waals surface area contributed by atoms with Crippen LogP contribution in [0.4, 0.5) is 0 Å². The van der Waals surface area contributed by atoms with Crippen molar-refractivity contribution in [1.29, 1.82) is 0 Å². The van der Waals surface area contributed by atoms with Crippen molar-refractivity contribution < 1.29 is 44.4 Å². The third kappa shape index (κ3) is 7.43. The first-order valence-corrected chi connectivity index (χ1v) is 8.64. The summed E-state index contributed by atoms with van der Waals surface area (Å²) in [7, 11) is 0. The number of carbonyl (C=O) groups is 2. The van der Waals surface area contributed by atoms with Gasteiger partial charge in [0.05, 0.1) is 5.56 Å². The number of phenols is 1. The standard InChI is InChI=1S/C15H22O2.C7H6O3.Zn/c1-14(2,3)11-7-10(13(16)17)8-12(9-11)15(4,5)6;8-6-4-2-1-3-5(6)7(9)10;/h7-9H,1-6H3,(H,16,17);1-4,8H,(H,9,10);. The topological polar surface area (TPSA) is 94.8 Å². The number of benzene rings is 2. The Bertz CT molecular complexity index is 797. The summed E-state index contributed by atoms with van der Waals surface area (Å²) in [5.41, 5.74) is 2.38. The van der Waals surface area contributed by atoms with Gasteiger partial charge in [-0.2, -0.15) is 0 Å². The van der Waals surface area contributed by atoms with Gasteiger partial charge < -0.3 is 15.3 Å². The zero-order valence-electron chi connectivity index (χ0n) is 17.4. The van der Waals surface area contributed by atoms with Crippen molar-refractivity contribution in [3.63, 3.8) is 0 Å². The van der Waals surface area contributed by atoms with Gasteiger partial charge in [0.2, 0.25) is 0 Å². The van der Waals surface area contributed by atoms with Gasteiger partial charge in [0.25, 0.3) is 0 Å². The number of para-hydroxylation sites is 1. The molecule has 2 aromatic rings. The monoisotopic (exact) mass is 436 g/mol. The van der Waals surface area contributed by atoms with Crippen molar-refractivity contribution in [2.24, 2.45) is 0 Å². The van der Waals surface area contributed by atoms with Crippen molar-refractivity contribution in [1.82, 2.24) is 0 Å². The second-order valence-corrected chi connectivity index (χ2v) is 8.43. The predicted molar refractivity (Wildman–Crippen MR) is 106 cm³/mol. The van der Waals surface area contributed by atoms with Crippen LogP contribution in [0.1, 0.15) is 73.4 Å². The summed E-state index contributed by atoms with van der Waals surface area (Å²) in [6.07, 6.45) is 0. The molecule has 0 spiro atoms. The maximum atomic E-state index is 11.2. The van der Waals surface area contributed by atoms with E-state index in [2.05, 4.69) is 47.6 Å². The van der Waals surface area contributed by atoms with E-state index in [0.717, 1.165) is 11.1 Å². The van der Waals surface area contributed by atoms with E-state index >= 15 is 0 Å². The molecule has 6 heteroatoms. The Balaban J connectivity index is 0.000000567. The number of hydrogen-bond acceptors (Lipinski definition) is 3. The molecule has 0 amide bonds. The fourth-order valence-corrected chi connectivity index (χ4v) is 2.27. The molecule has 0 aromatic heterocycles. The molecule has 2 aromatic carbocycles. The predicted octanol–water partition coefficient (Wildman–Crippen LogP) is 5.07. The number of carboxylic acids is 2. The molecule has 0 aliphatic heterocycles. The minimum absolute atomic E-state index is 0. The number of rotatable bonds is 2. The van der Waals surface area contributed by atoms with Crippen LogP contribution in [-0.2, 0) is 30.3 Å². The Kier molecular flexibility index (Phi) is 9.06. The van der Waals surface area contributed by atoms with Crippen LogP contribution in [-0.4, -0.2) is 27.3 Å². The minimum Gasteiger partial charge on any atom is -0.507 e. The Morgan fingerprint density at radius 3 is 1.46 bits per heavy atom. The van der Waals surface area contributed by atoms with E-state index in [4.69, 9.17) is 15.3 Å². The molecule has 0 heterocycles. The molecule has 0 aliphatic rings. The normalized spacial score (nSPS) is 10.9. The molecular weight excluding hydrogens is 410 g/mol. The maximum Gasteiger partial charge on any atom is 0.339 e. The number of hydrogen-bond donors (Lipinski definition) is 3. The molecule has 0 saturated carbocycles. The van der Waals surface area contributed by atoms with E-state index in [1.54, 1.807) is 24.3 Å². The fourth-order valence-electron chi connectivity index (χ4n) is 2.27. The summed E-state index contributed by atoms with van der Waals surface area (Å²) < 4.78 is 0. The second kappa shape index (κ2) is 9.83. The third-order valence-electron chi connectivity index (χ3n) is 4.05. The Labute approximate surface area is 179 Å². The molecule has 148 valence electrons. The van der Waals surface area contributed by atoms with Crippen LogP contribution >= 0.6 is 0 Å². The van der Waals surface area contributed by atoms with Crippen molar-refractivity contribution in [2.75, 3.05) is 0 Å². The molecular formula is C22H28O5Zn. The molecule has 0 bridgehead atoms. The van der Waals surface area contributed by atoms with E-state index in [9.17, 15) is 9.59 Å². The van der Waals surface area contributed by atoms with Crippen LogP contribution in [0.5, 0.6) is 5.75 Å². The quantitative estimate of drug-likeness (QED) is 0.570. The van der Waals surface area contributed by atoms with Gasteiger partial charge in [0.1, 0.15) is 11.3 Å². The first-order valence-electron chi connectivity index (χ1n) is 8.64. The largest absolute Gasteiger partial charge is 0.507 e. The molecule has 0 unspecified atom stereocenters. The van der Waals surface area contributed by atoms with E-state index < -0.39 is 11.9 Å². The fraction of sp³-hybridized carbons (Fsp3) is 0.364. The van der Waals surface area contributed by atoms with Crippen molar-refractivity contribution in [3.8, 4) is 5.75 Å².